The third kappa shape index (κ3) is 2.41. The van der Waals surface area contributed by atoms with E-state index in [0.29, 0.717) is 10.9 Å². The molecule has 1 fully saturated rings. The normalized spacial score (nSPS) is 27.7. The van der Waals surface area contributed by atoms with E-state index in [9.17, 15) is 4.39 Å². The summed E-state index contributed by atoms with van der Waals surface area (Å²) >= 11 is 6.28. The van der Waals surface area contributed by atoms with Crippen molar-refractivity contribution in [3.05, 3.63) is 34.6 Å². The van der Waals surface area contributed by atoms with Gasteiger partial charge in [-0.3, -0.25) is 0 Å². The van der Waals surface area contributed by atoms with Crippen LogP contribution in [0.1, 0.15) is 38.7 Å². The highest BCUT2D eigenvalue weighted by atomic mass is 35.5. The fraction of sp³-hybridized carbons (Fsp3) is 0.600. The Balaban J connectivity index is 2.39. The molecular formula is C15H21ClFN. The first kappa shape index (κ1) is 13.8. The minimum atomic E-state index is -0.256. The maximum atomic E-state index is 13.2. The lowest BCUT2D eigenvalue weighted by molar-refractivity contribution is 0.320. The highest BCUT2D eigenvalue weighted by Gasteiger charge is 2.42. The van der Waals surface area contributed by atoms with E-state index in [4.69, 9.17) is 11.6 Å². The molecule has 2 atom stereocenters. The smallest absolute Gasteiger partial charge is 0.124 e. The summed E-state index contributed by atoms with van der Waals surface area (Å²) in [5.41, 5.74) is 1.18. The third-order valence-electron chi connectivity index (χ3n) is 4.36. The Bertz CT molecular complexity index is 421. The topological polar surface area (TPSA) is 12.0 Å². The molecule has 1 aromatic rings. The molecule has 0 radical (unpaired) electrons. The SMILES string of the molecule is CCNCC1(c2ccc(F)cc2Cl)CCCC1C. The fourth-order valence-electron chi connectivity index (χ4n) is 3.25. The predicted octanol–water partition coefficient (Wildman–Crippen LogP) is 4.15. The number of halogens is 2. The Morgan fingerprint density at radius 1 is 1.50 bits per heavy atom. The largest absolute Gasteiger partial charge is 0.316 e. The van der Waals surface area contributed by atoms with E-state index in [0.717, 1.165) is 25.1 Å². The second-order valence-electron chi connectivity index (χ2n) is 5.35. The van der Waals surface area contributed by atoms with Crippen molar-refractivity contribution in [2.45, 2.75) is 38.5 Å². The van der Waals surface area contributed by atoms with Gasteiger partial charge in [0.25, 0.3) is 0 Å². The summed E-state index contributed by atoms with van der Waals surface area (Å²) in [7, 11) is 0. The lowest BCUT2D eigenvalue weighted by atomic mass is 9.72. The van der Waals surface area contributed by atoms with Crippen LogP contribution in [0.25, 0.3) is 0 Å². The molecule has 1 N–H and O–H groups in total. The van der Waals surface area contributed by atoms with Crippen LogP contribution in [0.5, 0.6) is 0 Å². The van der Waals surface area contributed by atoms with Crippen molar-refractivity contribution in [2.75, 3.05) is 13.1 Å². The van der Waals surface area contributed by atoms with E-state index < -0.39 is 0 Å². The number of rotatable bonds is 4. The first-order chi connectivity index (χ1) is 8.60. The van der Waals surface area contributed by atoms with Crippen LogP contribution in [-0.4, -0.2) is 13.1 Å². The molecule has 0 spiro atoms. The average molecular weight is 270 g/mol. The molecule has 0 aromatic heterocycles. The van der Waals surface area contributed by atoms with Crippen LogP contribution in [0.4, 0.5) is 4.39 Å². The molecule has 2 rings (SSSR count). The molecule has 1 saturated carbocycles. The minimum absolute atomic E-state index is 0.0702. The molecule has 0 saturated heterocycles. The first-order valence-corrected chi connectivity index (χ1v) is 7.14. The summed E-state index contributed by atoms with van der Waals surface area (Å²) in [6, 6.07) is 4.84. The quantitative estimate of drug-likeness (QED) is 0.866. The molecule has 0 heterocycles. The Morgan fingerprint density at radius 3 is 2.83 bits per heavy atom. The van der Waals surface area contributed by atoms with Gasteiger partial charge < -0.3 is 5.32 Å². The Hall–Kier alpha value is -0.600. The van der Waals surface area contributed by atoms with Crippen LogP contribution >= 0.6 is 11.6 Å². The number of benzene rings is 1. The molecule has 1 aromatic carbocycles. The summed E-state index contributed by atoms with van der Waals surface area (Å²) in [5, 5.41) is 4.02. The molecule has 1 nitrogen and oxygen atoms in total. The number of nitrogens with one attached hydrogen (secondary N) is 1. The van der Waals surface area contributed by atoms with Gasteiger partial charge in [0.05, 0.1) is 0 Å². The van der Waals surface area contributed by atoms with Crippen LogP contribution in [-0.2, 0) is 5.41 Å². The van der Waals surface area contributed by atoms with Gasteiger partial charge in [-0.25, -0.2) is 4.39 Å². The van der Waals surface area contributed by atoms with Crippen molar-refractivity contribution in [2.24, 2.45) is 5.92 Å². The van der Waals surface area contributed by atoms with Crippen molar-refractivity contribution >= 4 is 11.6 Å². The van der Waals surface area contributed by atoms with Crippen molar-refractivity contribution in [3.63, 3.8) is 0 Å². The van der Waals surface area contributed by atoms with Crippen molar-refractivity contribution in [3.8, 4) is 0 Å². The summed E-state index contributed by atoms with van der Waals surface area (Å²) in [4.78, 5) is 0. The zero-order valence-electron chi connectivity index (χ0n) is 11.1. The maximum Gasteiger partial charge on any atom is 0.124 e. The summed E-state index contributed by atoms with van der Waals surface area (Å²) in [5.74, 6) is 0.326. The lowest BCUT2D eigenvalue weighted by Crippen LogP contribution is -2.40. The molecule has 0 aliphatic heterocycles. The van der Waals surface area contributed by atoms with Gasteiger partial charge in [-0.05, 0) is 43.0 Å². The van der Waals surface area contributed by atoms with Crippen LogP contribution in [0.3, 0.4) is 0 Å². The second kappa shape index (κ2) is 5.58. The molecule has 100 valence electrons. The van der Waals surface area contributed by atoms with Gasteiger partial charge in [0.15, 0.2) is 0 Å². The molecule has 1 aliphatic rings. The van der Waals surface area contributed by atoms with Crippen LogP contribution in [0.2, 0.25) is 5.02 Å². The van der Waals surface area contributed by atoms with Crippen molar-refractivity contribution in [1.82, 2.24) is 5.32 Å². The molecule has 3 heteroatoms. The van der Waals surface area contributed by atoms with E-state index in [-0.39, 0.29) is 11.2 Å². The Labute approximate surface area is 114 Å². The van der Waals surface area contributed by atoms with E-state index >= 15 is 0 Å². The highest BCUT2D eigenvalue weighted by molar-refractivity contribution is 6.31. The molecular weight excluding hydrogens is 249 g/mol. The highest BCUT2D eigenvalue weighted by Crippen LogP contribution is 2.47. The molecule has 1 aliphatic carbocycles. The lowest BCUT2D eigenvalue weighted by Gasteiger charge is -2.35. The van der Waals surface area contributed by atoms with E-state index in [1.54, 1.807) is 0 Å². The Kier molecular flexibility index (Phi) is 4.29. The van der Waals surface area contributed by atoms with Crippen LogP contribution in [0.15, 0.2) is 18.2 Å². The summed E-state index contributed by atoms with van der Waals surface area (Å²) in [6.45, 7) is 6.27. The number of hydrogen-bond acceptors (Lipinski definition) is 1. The zero-order valence-corrected chi connectivity index (χ0v) is 11.9. The zero-order chi connectivity index (χ0) is 13.2. The van der Waals surface area contributed by atoms with Gasteiger partial charge in [-0.2, -0.15) is 0 Å². The summed E-state index contributed by atoms with van der Waals surface area (Å²) in [6.07, 6.45) is 3.58. The maximum absolute atomic E-state index is 13.2. The Morgan fingerprint density at radius 2 is 2.28 bits per heavy atom. The van der Waals surface area contributed by atoms with Gasteiger partial charge >= 0.3 is 0 Å². The monoisotopic (exact) mass is 269 g/mol. The van der Waals surface area contributed by atoms with Crippen molar-refractivity contribution in [1.29, 1.82) is 0 Å². The van der Waals surface area contributed by atoms with Gasteiger partial charge in [0.1, 0.15) is 5.82 Å². The van der Waals surface area contributed by atoms with Crippen molar-refractivity contribution < 1.29 is 4.39 Å². The molecule has 0 amide bonds. The standard InChI is InChI=1S/C15H21ClFN/c1-3-18-10-15(8-4-5-11(15)2)13-7-6-12(17)9-14(13)16/h6-7,9,11,18H,3-5,8,10H2,1-2H3. The van der Waals surface area contributed by atoms with Gasteiger partial charge in [0, 0.05) is 17.0 Å². The number of likely N-dealkylation sites (N-methyl/N-ethyl adjacent to an activating group) is 1. The second-order valence-corrected chi connectivity index (χ2v) is 5.76. The average Bonchev–Trinajstić information content (AvgIpc) is 2.69. The summed E-state index contributed by atoms with van der Waals surface area (Å²) < 4.78 is 13.2. The fourth-order valence-corrected chi connectivity index (χ4v) is 3.60. The van der Waals surface area contributed by atoms with Gasteiger partial charge in [-0.1, -0.05) is 37.9 Å². The molecule has 0 bridgehead atoms. The third-order valence-corrected chi connectivity index (χ3v) is 4.67. The van der Waals surface area contributed by atoms with Gasteiger partial charge in [-0.15, -0.1) is 0 Å². The van der Waals surface area contributed by atoms with E-state index in [1.807, 2.05) is 6.07 Å². The van der Waals surface area contributed by atoms with E-state index in [2.05, 4.69) is 19.2 Å². The predicted molar refractivity (Wildman–Crippen MR) is 74.6 cm³/mol. The van der Waals surface area contributed by atoms with Crippen LogP contribution in [0, 0.1) is 11.7 Å². The van der Waals surface area contributed by atoms with Gasteiger partial charge in [0.2, 0.25) is 0 Å². The van der Waals surface area contributed by atoms with E-state index in [1.165, 1.54) is 25.0 Å². The van der Waals surface area contributed by atoms with Crippen LogP contribution < -0.4 is 5.32 Å². The first-order valence-electron chi connectivity index (χ1n) is 6.76. The number of hydrogen-bond donors (Lipinski definition) is 1. The molecule has 2 unspecified atom stereocenters. The molecule has 18 heavy (non-hydrogen) atoms. The minimum Gasteiger partial charge on any atom is -0.316 e.